The topological polar surface area (TPSA) is 43.8 Å². The molecule has 0 bridgehead atoms. The quantitative estimate of drug-likeness (QED) is 0.905. The Kier molecular flexibility index (Phi) is 5.15. The van der Waals surface area contributed by atoms with Crippen molar-refractivity contribution in [2.24, 2.45) is 5.92 Å². The average Bonchev–Trinajstić information content (AvgIpc) is 2.43. The van der Waals surface area contributed by atoms with Crippen molar-refractivity contribution in [2.75, 3.05) is 26.7 Å². The van der Waals surface area contributed by atoms with Gasteiger partial charge < -0.3 is 10.0 Å². The number of halogens is 1. The summed E-state index contributed by atoms with van der Waals surface area (Å²) in [5.74, 6) is 0.337. The van der Waals surface area contributed by atoms with Gasteiger partial charge in [0.15, 0.2) is 0 Å². The number of rotatable bonds is 5. The molecule has 5 heteroatoms. The third-order valence-corrected chi connectivity index (χ3v) is 4.77. The summed E-state index contributed by atoms with van der Waals surface area (Å²) in [5.41, 5.74) is 0.103. The van der Waals surface area contributed by atoms with Gasteiger partial charge in [-0.1, -0.05) is 18.5 Å². The summed E-state index contributed by atoms with van der Waals surface area (Å²) >= 11 is 5.86. The molecule has 1 amide bonds. The number of likely N-dealkylation sites (tertiary alicyclic amines) is 1. The summed E-state index contributed by atoms with van der Waals surface area (Å²) in [6, 6.07) is 7.10. The Morgan fingerprint density at radius 2 is 1.91 bits per heavy atom. The molecule has 0 spiro atoms. The lowest BCUT2D eigenvalue weighted by Crippen LogP contribution is -2.61. The second-order valence-corrected chi connectivity index (χ2v) is 7.24. The molecule has 1 aliphatic heterocycles. The van der Waals surface area contributed by atoms with Gasteiger partial charge in [0, 0.05) is 43.3 Å². The SMILES string of the molecule is CC(CN1CC(C)(O)C1)C(C)N(C)C(=O)c1ccc(Cl)cc1. The fraction of sp³-hybridized carbons (Fsp3) is 0.588. The van der Waals surface area contributed by atoms with Crippen molar-refractivity contribution in [2.45, 2.75) is 32.4 Å². The smallest absolute Gasteiger partial charge is 0.253 e. The number of β-amino-alcohol motifs (C(OH)–C–C–N with tert-alkyl or cyclic N) is 1. The number of benzene rings is 1. The molecule has 0 radical (unpaired) electrons. The Balaban J connectivity index is 1.91. The summed E-state index contributed by atoms with van der Waals surface area (Å²) in [4.78, 5) is 16.5. The van der Waals surface area contributed by atoms with Crippen LogP contribution in [0.25, 0.3) is 0 Å². The summed E-state index contributed by atoms with van der Waals surface area (Å²) in [5, 5.41) is 10.4. The van der Waals surface area contributed by atoms with E-state index < -0.39 is 5.60 Å². The van der Waals surface area contributed by atoms with Gasteiger partial charge in [0.05, 0.1) is 5.60 Å². The van der Waals surface area contributed by atoms with Crippen LogP contribution < -0.4 is 0 Å². The fourth-order valence-electron chi connectivity index (χ4n) is 2.97. The first-order chi connectivity index (χ1) is 10.2. The molecule has 2 atom stereocenters. The van der Waals surface area contributed by atoms with E-state index in [1.165, 1.54) is 0 Å². The van der Waals surface area contributed by atoms with Crippen LogP contribution in [0.3, 0.4) is 0 Å². The second-order valence-electron chi connectivity index (χ2n) is 6.81. The van der Waals surface area contributed by atoms with Gasteiger partial charge in [-0.15, -0.1) is 0 Å². The number of hydrogen-bond acceptors (Lipinski definition) is 3. The number of nitrogens with zero attached hydrogens (tertiary/aromatic N) is 2. The van der Waals surface area contributed by atoms with Crippen molar-refractivity contribution in [1.82, 2.24) is 9.80 Å². The first-order valence-electron chi connectivity index (χ1n) is 7.67. The summed E-state index contributed by atoms with van der Waals surface area (Å²) in [6.07, 6.45) is 0. The highest BCUT2D eigenvalue weighted by Crippen LogP contribution is 2.23. The number of amides is 1. The van der Waals surface area contributed by atoms with E-state index in [2.05, 4.69) is 18.7 Å². The van der Waals surface area contributed by atoms with Crippen molar-refractivity contribution < 1.29 is 9.90 Å². The Morgan fingerprint density at radius 1 is 1.36 bits per heavy atom. The van der Waals surface area contributed by atoms with E-state index in [0.29, 0.717) is 29.6 Å². The van der Waals surface area contributed by atoms with Gasteiger partial charge in [0.25, 0.3) is 5.91 Å². The predicted molar refractivity (Wildman–Crippen MR) is 89.2 cm³/mol. The van der Waals surface area contributed by atoms with Gasteiger partial charge in [-0.25, -0.2) is 0 Å². The van der Waals surface area contributed by atoms with E-state index in [9.17, 15) is 9.90 Å². The van der Waals surface area contributed by atoms with Gasteiger partial charge in [-0.2, -0.15) is 0 Å². The molecule has 1 fully saturated rings. The number of aliphatic hydroxyl groups is 1. The molecule has 1 saturated heterocycles. The predicted octanol–water partition coefficient (Wildman–Crippen LogP) is 2.50. The lowest BCUT2D eigenvalue weighted by Gasteiger charge is -2.46. The molecule has 0 aromatic heterocycles. The molecule has 22 heavy (non-hydrogen) atoms. The largest absolute Gasteiger partial charge is 0.388 e. The van der Waals surface area contributed by atoms with Crippen molar-refractivity contribution >= 4 is 17.5 Å². The van der Waals surface area contributed by atoms with Crippen molar-refractivity contribution in [3.05, 3.63) is 34.9 Å². The summed E-state index contributed by atoms with van der Waals surface area (Å²) in [7, 11) is 1.84. The second kappa shape index (κ2) is 6.57. The van der Waals surface area contributed by atoms with Gasteiger partial charge in [0.2, 0.25) is 0 Å². The minimum atomic E-state index is -0.548. The lowest BCUT2D eigenvalue weighted by atomic mass is 9.93. The van der Waals surface area contributed by atoms with E-state index in [0.717, 1.165) is 6.54 Å². The molecular weight excluding hydrogens is 300 g/mol. The lowest BCUT2D eigenvalue weighted by molar-refractivity contribution is -0.0900. The van der Waals surface area contributed by atoms with E-state index in [1.807, 2.05) is 14.0 Å². The van der Waals surface area contributed by atoms with E-state index in [4.69, 9.17) is 11.6 Å². The first-order valence-corrected chi connectivity index (χ1v) is 8.05. The first kappa shape index (κ1) is 17.3. The molecule has 2 rings (SSSR count). The molecule has 2 unspecified atom stereocenters. The van der Waals surface area contributed by atoms with Crippen LogP contribution in [0.2, 0.25) is 5.02 Å². The zero-order valence-electron chi connectivity index (χ0n) is 13.7. The molecule has 0 saturated carbocycles. The summed E-state index contributed by atoms with van der Waals surface area (Å²) < 4.78 is 0. The minimum absolute atomic E-state index is 0.00613. The highest BCUT2D eigenvalue weighted by atomic mass is 35.5. The highest BCUT2D eigenvalue weighted by molar-refractivity contribution is 6.30. The van der Waals surface area contributed by atoms with Crippen LogP contribution in [0.4, 0.5) is 0 Å². The summed E-state index contributed by atoms with van der Waals surface area (Å²) in [6.45, 7) is 8.36. The number of carbonyl (C=O) groups excluding carboxylic acids is 1. The Hall–Kier alpha value is -1.10. The zero-order chi connectivity index (χ0) is 16.5. The van der Waals surface area contributed by atoms with E-state index in [1.54, 1.807) is 29.2 Å². The van der Waals surface area contributed by atoms with Crippen LogP contribution in [0.5, 0.6) is 0 Å². The molecule has 1 aromatic rings. The van der Waals surface area contributed by atoms with Gasteiger partial charge >= 0.3 is 0 Å². The van der Waals surface area contributed by atoms with E-state index in [-0.39, 0.29) is 11.9 Å². The third kappa shape index (κ3) is 4.00. The maximum absolute atomic E-state index is 12.5. The third-order valence-electron chi connectivity index (χ3n) is 4.52. The maximum atomic E-state index is 12.5. The molecule has 1 heterocycles. The molecule has 1 aliphatic rings. The van der Waals surface area contributed by atoms with Gasteiger partial charge in [-0.3, -0.25) is 9.69 Å². The Labute approximate surface area is 137 Å². The van der Waals surface area contributed by atoms with Crippen LogP contribution in [0, 0.1) is 5.92 Å². The van der Waals surface area contributed by atoms with Crippen molar-refractivity contribution in [3.8, 4) is 0 Å². The van der Waals surface area contributed by atoms with Crippen LogP contribution in [-0.2, 0) is 0 Å². The number of hydrogen-bond donors (Lipinski definition) is 1. The normalized spacial score (nSPS) is 20.1. The van der Waals surface area contributed by atoms with Crippen LogP contribution in [-0.4, -0.2) is 59.1 Å². The molecule has 1 aromatic carbocycles. The van der Waals surface area contributed by atoms with Gasteiger partial charge in [-0.05, 0) is 44.0 Å². The fourth-order valence-corrected chi connectivity index (χ4v) is 3.09. The Morgan fingerprint density at radius 3 is 2.41 bits per heavy atom. The van der Waals surface area contributed by atoms with Crippen LogP contribution in [0.1, 0.15) is 31.1 Å². The number of carbonyl (C=O) groups is 1. The molecule has 0 aliphatic carbocycles. The van der Waals surface area contributed by atoms with Crippen LogP contribution >= 0.6 is 11.6 Å². The van der Waals surface area contributed by atoms with Crippen molar-refractivity contribution in [3.63, 3.8) is 0 Å². The zero-order valence-corrected chi connectivity index (χ0v) is 14.5. The monoisotopic (exact) mass is 324 g/mol. The van der Waals surface area contributed by atoms with Gasteiger partial charge in [0.1, 0.15) is 0 Å². The molecule has 4 nitrogen and oxygen atoms in total. The molecule has 122 valence electrons. The minimum Gasteiger partial charge on any atom is -0.388 e. The van der Waals surface area contributed by atoms with Crippen LogP contribution in [0.15, 0.2) is 24.3 Å². The van der Waals surface area contributed by atoms with E-state index >= 15 is 0 Å². The maximum Gasteiger partial charge on any atom is 0.253 e. The standard InChI is InChI=1S/C17H25ClN2O2/c1-12(9-20-10-17(3,22)11-20)13(2)19(4)16(21)14-5-7-15(18)8-6-14/h5-8,12-13,22H,9-11H2,1-4H3. The average molecular weight is 325 g/mol. The molecular formula is C17H25ClN2O2. The highest BCUT2D eigenvalue weighted by Gasteiger charge is 2.37. The molecule has 1 N–H and O–H groups in total. The van der Waals surface area contributed by atoms with Crippen molar-refractivity contribution in [1.29, 1.82) is 0 Å². The Bertz CT molecular complexity index is 522.